The monoisotopic (exact) mass is 306 g/mol. The summed E-state index contributed by atoms with van der Waals surface area (Å²) in [5.41, 5.74) is 5.38. The number of carbonyl (C=O) groups is 1. The summed E-state index contributed by atoms with van der Waals surface area (Å²) >= 11 is 0. The molecule has 0 aromatic heterocycles. The molecule has 9 heteroatoms. The molecule has 2 atom stereocenters. The minimum absolute atomic E-state index is 0.131. The minimum atomic E-state index is -5.66. The molecule has 1 heterocycles. The molecule has 0 spiro atoms. The molecule has 118 valence electrons. The predicted molar refractivity (Wildman–Crippen MR) is 58.6 cm³/mol. The van der Waals surface area contributed by atoms with E-state index < -0.39 is 30.2 Å². The van der Waals surface area contributed by atoms with Gasteiger partial charge in [0.1, 0.15) is 0 Å². The Morgan fingerprint density at radius 3 is 2.15 bits per heavy atom. The molecule has 1 saturated heterocycles. The number of hydrogen-bond acceptors (Lipinski definition) is 2. The SMILES string of the molecule is CC1CCCN(C(=O)C(C(F)(F)F)C(F)(F)F)C1CN. The fourth-order valence-corrected chi connectivity index (χ4v) is 2.51. The maximum absolute atomic E-state index is 12.6. The molecule has 2 N–H and O–H groups in total. The van der Waals surface area contributed by atoms with Gasteiger partial charge >= 0.3 is 12.4 Å². The molecule has 20 heavy (non-hydrogen) atoms. The molecule has 1 fully saturated rings. The Morgan fingerprint density at radius 2 is 1.75 bits per heavy atom. The number of piperidine rings is 1. The zero-order valence-electron chi connectivity index (χ0n) is 10.8. The zero-order chi connectivity index (χ0) is 15.7. The highest BCUT2D eigenvalue weighted by molar-refractivity contribution is 5.81. The molecule has 3 nitrogen and oxygen atoms in total. The summed E-state index contributed by atoms with van der Waals surface area (Å²) < 4.78 is 75.3. The van der Waals surface area contributed by atoms with Gasteiger partial charge in [0, 0.05) is 19.1 Å². The Bertz CT molecular complexity index is 340. The Balaban J connectivity index is 3.06. The number of nitrogens with two attached hydrogens (primary N) is 1. The van der Waals surface area contributed by atoms with Crippen molar-refractivity contribution in [2.75, 3.05) is 13.1 Å². The van der Waals surface area contributed by atoms with Gasteiger partial charge in [-0.2, -0.15) is 26.3 Å². The topological polar surface area (TPSA) is 46.3 Å². The highest BCUT2D eigenvalue weighted by atomic mass is 19.4. The third-order valence-electron chi connectivity index (χ3n) is 3.54. The first-order valence-electron chi connectivity index (χ1n) is 6.14. The fraction of sp³-hybridized carbons (Fsp3) is 0.909. The van der Waals surface area contributed by atoms with Crippen molar-refractivity contribution >= 4 is 5.91 Å². The summed E-state index contributed by atoms with van der Waals surface area (Å²) in [5.74, 6) is -6.15. The lowest BCUT2D eigenvalue weighted by Gasteiger charge is -2.41. The van der Waals surface area contributed by atoms with E-state index in [2.05, 4.69) is 0 Å². The van der Waals surface area contributed by atoms with Crippen LogP contribution in [0.1, 0.15) is 19.8 Å². The maximum Gasteiger partial charge on any atom is 0.409 e. The molecule has 0 aliphatic carbocycles. The largest absolute Gasteiger partial charge is 0.409 e. The second kappa shape index (κ2) is 5.79. The quantitative estimate of drug-likeness (QED) is 0.796. The lowest BCUT2D eigenvalue weighted by molar-refractivity contribution is -0.278. The zero-order valence-corrected chi connectivity index (χ0v) is 10.8. The summed E-state index contributed by atoms with van der Waals surface area (Å²) in [5, 5.41) is 0. The first-order valence-corrected chi connectivity index (χ1v) is 6.14. The molecular formula is C11H16F6N2O. The molecule has 1 rings (SSSR count). The molecule has 0 radical (unpaired) electrons. The Kier molecular flexibility index (Phi) is 4.94. The van der Waals surface area contributed by atoms with Crippen LogP contribution in [0.2, 0.25) is 0 Å². The third kappa shape index (κ3) is 3.56. The Hall–Kier alpha value is -0.990. The molecule has 0 aromatic rings. The van der Waals surface area contributed by atoms with Gasteiger partial charge in [0.15, 0.2) is 0 Å². The van der Waals surface area contributed by atoms with E-state index in [0.29, 0.717) is 17.7 Å². The van der Waals surface area contributed by atoms with Gasteiger partial charge < -0.3 is 10.6 Å². The third-order valence-corrected chi connectivity index (χ3v) is 3.54. The van der Waals surface area contributed by atoms with Crippen LogP contribution in [0.5, 0.6) is 0 Å². The number of alkyl halides is 6. The first-order chi connectivity index (χ1) is 9.00. The van der Waals surface area contributed by atoms with Crippen LogP contribution in [0.25, 0.3) is 0 Å². The van der Waals surface area contributed by atoms with Crippen molar-refractivity contribution in [1.82, 2.24) is 4.90 Å². The van der Waals surface area contributed by atoms with Crippen LogP contribution in [0, 0.1) is 11.8 Å². The molecule has 0 aromatic carbocycles. The number of likely N-dealkylation sites (tertiary alicyclic amines) is 1. The number of carbonyl (C=O) groups excluding carboxylic acids is 1. The molecule has 0 bridgehead atoms. The summed E-state index contributed by atoms with van der Waals surface area (Å²) in [6, 6.07) is -0.788. The summed E-state index contributed by atoms with van der Waals surface area (Å²) in [6.07, 6.45) is -10.3. The van der Waals surface area contributed by atoms with Crippen LogP contribution >= 0.6 is 0 Å². The molecule has 2 unspecified atom stereocenters. The van der Waals surface area contributed by atoms with E-state index in [4.69, 9.17) is 5.73 Å². The van der Waals surface area contributed by atoms with Crippen LogP contribution in [0.3, 0.4) is 0 Å². The number of hydrogen-bond donors (Lipinski definition) is 1. The summed E-state index contributed by atoms with van der Waals surface area (Å²) in [4.78, 5) is 12.4. The number of rotatable bonds is 2. The maximum atomic E-state index is 12.6. The average molecular weight is 306 g/mol. The van der Waals surface area contributed by atoms with Gasteiger partial charge in [-0.25, -0.2) is 0 Å². The second-order valence-corrected chi connectivity index (χ2v) is 4.97. The number of nitrogens with zero attached hydrogens (tertiary/aromatic N) is 1. The predicted octanol–water partition coefficient (Wildman–Crippen LogP) is 2.31. The van der Waals surface area contributed by atoms with Gasteiger partial charge in [-0.1, -0.05) is 6.92 Å². The van der Waals surface area contributed by atoms with Crippen molar-refractivity contribution in [2.24, 2.45) is 17.6 Å². The second-order valence-electron chi connectivity index (χ2n) is 4.97. The van der Waals surface area contributed by atoms with E-state index in [9.17, 15) is 31.1 Å². The summed E-state index contributed by atoms with van der Waals surface area (Å²) in [6.45, 7) is 1.37. The van der Waals surface area contributed by atoms with E-state index in [0.717, 1.165) is 0 Å². The van der Waals surface area contributed by atoms with Gasteiger partial charge in [-0.3, -0.25) is 4.79 Å². The Labute approximate surface area is 112 Å². The van der Waals surface area contributed by atoms with E-state index in [-0.39, 0.29) is 19.0 Å². The molecule has 1 amide bonds. The minimum Gasteiger partial charge on any atom is -0.337 e. The fourth-order valence-electron chi connectivity index (χ4n) is 2.51. The van der Waals surface area contributed by atoms with Gasteiger partial charge in [0.05, 0.1) is 0 Å². The van der Waals surface area contributed by atoms with Gasteiger partial charge in [-0.15, -0.1) is 0 Å². The lowest BCUT2D eigenvalue weighted by atomic mass is 9.89. The Morgan fingerprint density at radius 1 is 1.25 bits per heavy atom. The smallest absolute Gasteiger partial charge is 0.337 e. The highest BCUT2D eigenvalue weighted by Crippen LogP contribution is 2.41. The first kappa shape index (κ1) is 17.1. The van der Waals surface area contributed by atoms with Crippen LogP contribution < -0.4 is 5.73 Å². The van der Waals surface area contributed by atoms with Crippen molar-refractivity contribution in [3.05, 3.63) is 0 Å². The van der Waals surface area contributed by atoms with E-state index in [1.807, 2.05) is 0 Å². The van der Waals surface area contributed by atoms with Crippen molar-refractivity contribution in [2.45, 2.75) is 38.2 Å². The van der Waals surface area contributed by atoms with Crippen LogP contribution in [0.15, 0.2) is 0 Å². The van der Waals surface area contributed by atoms with Crippen LogP contribution in [0.4, 0.5) is 26.3 Å². The van der Waals surface area contributed by atoms with Crippen LogP contribution in [-0.2, 0) is 4.79 Å². The van der Waals surface area contributed by atoms with Crippen molar-refractivity contribution < 1.29 is 31.1 Å². The molecule has 1 aliphatic heterocycles. The summed E-state index contributed by atoms with van der Waals surface area (Å²) in [7, 11) is 0. The van der Waals surface area contributed by atoms with E-state index >= 15 is 0 Å². The number of amides is 1. The molecule has 0 saturated carbocycles. The lowest BCUT2D eigenvalue weighted by Crippen LogP contribution is -2.57. The van der Waals surface area contributed by atoms with Gasteiger partial charge in [0.2, 0.25) is 11.8 Å². The number of halogens is 6. The van der Waals surface area contributed by atoms with Gasteiger partial charge in [-0.05, 0) is 18.8 Å². The van der Waals surface area contributed by atoms with Crippen LogP contribution in [-0.4, -0.2) is 42.3 Å². The molecule has 1 aliphatic rings. The van der Waals surface area contributed by atoms with Gasteiger partial charge in [0.25, 0.3) is 0 Å². The standard InChI is InChI=1S/C11H16F6N2O/c1-6-3-2-4-19(7(6)5-18)9(20)8(10(12,13)14)11(15,16)17/h6-8H,2-5,18H2,1H3. The normalized spacial score (nSPS) is 25.1. The van der Waals surface area contributed by atoms with E-state index in [1.54, 1.807) is 6.92 Å². The van der Waals surface area contributed by atoms with Crippen molar-refractivity contribution in [3.63, 3.8) is 0 Å². The van der Waals surface area contributed by atoms with Crippen molar-refractivity contribution in [1.29, 1.82) is 0 Å². The average Bonchev–Trinajstić information content (AvgIpc) is 2.24. The van der Waals surface area contributed by atoms with Crippen molar-refractivity contribution in [3.8, 4) is 0 Å². The highest BCUT2D eigenvalue weighted by Gasteiger charge is 2.62. The van der Waals surface area contributed by atoms with E-state index in [1.165, 1.54) is 0 Å². The molecular weight excluding hydrogens is 290 g/mol.